The van der Waals surface area contributed by atoms with Crippen molar-refractivity contribution in [2.75, 3.05) is 0 Å². The van der Waals surface area contributed by atoms with Crippen LogP contribution in [0.15, 0.2) is 28.4 Å². The number of aliphatic imine (C=N–C) groups is 1. The lowest BCUT2D eigenvalue weighted by Gasteiger charge is -2.19. The van der Waals surface area contributed by atoms with E-state index in [2.05, 4.69) is 51.8 Å². The molecule has 78 valence electrons. The van der Waals surface area contributed by atoms with Gasteiger partial charge in [-0.1, -0.05) is 46.8 Å². The summed E-state index contributed by atoms with van der Waals surface area (Å²) >= 11 is 0. The van der Waals surface area contributed by atoms with Gasteiger partial charge in [-0.25, -0.2) is 0 Å². The Morgan fingerprint density at radius 3 is 2.43 bits per heavy atom. The van der Waals surface area contributed by atoms with Crippen molar-refractivity contribution >= 4 is 6.21 Å². The SMILES string of the molecule is CCC1=CC(C)C=C(C(C)(C)C)N=C1. The summed E-state index contributed by atoms with van der Waals surface area (Å²) in [6.45, 7) is 11.0. The Morgan fingerprint density at radius 2 is 1.93 bits per heavy atom. The molecule has 0 bridgehead atoms. The zero-order valence-corrected chi connectivity index (χ0v) is 9.96. The van der Waals surface area contributed by atoms with Crippen LogP contribution in [0.5, 0.6) is 0 Å². The number of hydrogen-bond acceptors (Lipinski definition) is 1. The molecule has 0 amide bonds. The summed E-state index contributed by atoms with van der Waals surface area (Å²) in [6, 6.07) is 0. The number of nitrogens with zero attached hydrogens (tertiary/aromatic N) is 1. The van der Waals surface area contributed by atoms with E-state index in [0.29, 0.717) is 5.92 Å². The third-order valence-corrected chi connectivity index (χ3v) is 2.44. The fraction of sp³-hybridized carbons (Fsp3) is 0.615. The normalized spacial score (nSPS) is 22.8. The molecule has 1 atom stereocenters. The van der Waals surface area contributed by atoms with Crippen LogP contribution in [0.3, 0.4) is 0 Å². The van der Waals surface area contributed by atoms with Crippen LogP contribution in [0.2, 0.25) is 0 Å². The third kappa shape index (κ3) is 2.83. The first-order valence-electron chi connectivity index (χ1n) is 5.40. The van der Waals surface area contributed by atoms with E-state index in [4.69, 9.17) is 0 Å². The van der Waals surface area contributed by atoms with Gasteiger partial charge in [-0.15, -0.1) is 0 Å². The zero-order chi connectivity index (χ0) is 10.8. The first-order chi connectivity index (χ1) is 6.43. The molecule has 1 unspecified atom stereocenters. The highest BCUT2D eigenvalue weighted by atomic mass is 14.8. The summed E-state index contributed by atoms with van der Waals surface area (Å²) in [5, 5.41) is 0. The summed E-state index contributed by atoms with van der Waals surface area (Å²) in [5.41, 5.74) is 2.69. The molecule has 1 heterocycles. The van der Waals surface area contributed by atoms with Gasteiger partial charge < -0.3 is 0 Å². The van der Waals surface area contributed by atoms with Gasteiger partial charge in [0.05, 0.1) is 0 Å². The fourth-order valence-corrected chi connectivity index (χ4v) is 1.53. The van der Waals surface area contributed by atoms with E-state index < -0.39 is 0 Å². The van der Waals surface area contributed by atoms with Gasteiger partial charge in [0.1, 0.15) is 0 Å². The molecule has 0 radical (unpaired) electrons. The minimum Gasteiger partial charge on any atom is -0.261 e. The van der Waals surface area contributed by atoms with Crippen molar-refractivity contribution in [1.82, 2.24) is 0 Å². The Kier molecular flexibility index (Phi) is 3.30. The fourth-order valence-electron chi connectivity index (χ4n) is 1.53. The first kappa shape index (κ1) is 11.2. The van der Waals surface area contributed by atoms with E-state index in [9.17, 15) is 0 Å². The smallest absolute Gasteiger partial charge is 0.0423 e. The quantitative estimate of drug-likeness (QED) is 0.594. The van der Waals surface area contributed by atoms with Gasteiger partial charge in [0.25, 0.3) is 0 Å². The highest BCUT2D eigenvalue weighted by Crippen LogP contribution is 2.29. The topological polar surface area (TPSA) is 12.4 Å². The van der Waals surface area contributed by atoms with E-state index in [1.54, 1.807) is 0 Å². The van der Waals surface area contributed by atoms with E-state index in [1.165, 1.54) is 11.3 Å². The van der Waals surface area contributed by atoms with Gasteiger partial charge >= 0.3 is 0 Å². The van der Waals surface area contributed by atoms with Gasteiger partial charge in [0.2, 0.25) is 0 Å². The minimum absolute atomic E-state index is 0.155. The predicted octanol–water partition coefficient (Wildman–Crippen LogP) is 3.97. The zero-order valence-electron chi connectivity index (χ0n) is 9.96. The van der Waals surface area contributed by atoms with Crippen LogP contribution in [-0.2, 0) is 0 Å². The van der Waals surface area contributed by atoms with Crippen molar-refractivity contribution in [1.29, 1.82) is 0 Å². The Bertz CT molecular complexity index is 287. The van der Waals surface area contributed by atoms with Gasteiger partial charge in [0, 0.05) is 17.3 Å². The summed E-state index contributed by atoms with van der Waals surface area (Å²) in [5.74, 6) is 0.502. The molecule has 0 spiro atoms. The second-order valence-corrected chi connectivity index (χ2v) is 5.01. The molecule has 1 nitrogen and oxygen atoms in total. The van der Waals surface area contributed by atoms with Crippen molar-refractivity contribution < 1.29 is 0 Å². The second kappa shape index (κ2) is 4.12. The van der Waals surface area contributed by atoms with Gasteiger partial charge in [-0.05, 0) is 17.9 Å². The Labute approximate surface area is 87.6 Å². The van der Waals surface area contributed by atoms with Crippen molar-refractivity contribution in [2.24, 2.45) is 16.3 Å². The molecule has 0 aromatic heterocycles. The standard InChI is InChI=1S/C13H21N/c1-6-11-7-10(2)8-12(14-9-11)13(3,4)5/h7-10H,6H2,1-5H3. The Hall–Kier alpha value is -0.850. The minimum atomic E-state index is 0.155. The largest absolute Gasteiger partial charge is 0.261 e. The summed E-state index contributed by atoms with van der Waals surface area (Å²) in [7, 11) is 0. The van der Waals surface area contributed by atoms with Crippen LogP contribution in [0.4, 0.5) is 0 Å². The molecule has 0 aliphatic carbocycles. The van der Waals surface area contributed by atoms with Gasteiger partial charge in [-0.2, -0.15) is 0 Å². The molecular weight excluding hydrogens is 170 g/mol. The molecule has 0 N–H and O–H groups in total. The maximum atomic E-state index is 4.56. The molecule has 0 fully saturated rings. The predicted molar refractivity (Wildman–Crippen MR) is 63.6 cm³/mol. The molecule has 1 aliphatic rings. The lowest BCUT2D eigenvalue weighted by molar-refractivity contribution is 0.494. The van der Waals surface area contributed by atoms with Crippen LogP contribution < -0.4 is 0 Å². The summed E-state index contributed by atoms with van der Waals surface area (Å²) in [6.07, 6.45) is 7.64. The average molecular weight is 191 g/mol. The van der Waals surface area contributed by atoms with Crippen LogP contribution in [-0.4, -0.2) is 6.21 Å². The Morgan fingerprint density at radius 1 is 1.29 bits per heavy atom. The van der Waals surface area contributed by atoms with Crippen molar-refractivity contribution in [2.45, 2.75) is 41.0 Å². The maximum absolute atomic E-state index is 4.56. The first-order valence-corrected chi connectivity index (χ1v) is 5.40. The molecular formula is C13H21N. The molecule has 0 aromatic carbocycles. The second-order valence-electron chi connectivity index (χ2n) is 5.01. The van der Waals surface area contributed by atoms with Gasteiger partial charge in [0.15, 0.2) is 0 Å². The van der Waals surface area contributed by atoms with Crippen molar-refractivity contribution in [3.63, 3.8) is 0 Å². The number of hydrogen-bond donors (Lipinski definition) is 0. The molecule has 1 heteroatoms. The van der Waals surface area contributed by atoms with Crippen LogP contribution in [0, 0.1) is 11.3 Å². The van der Waals surface area contributed by atoms with Gasteiger partial charge in [-0.3, -0.25) is 4.99 Å². The van der Waals surface area contributed by atoms with Crippen molar-refractivity contribution in [3.8, 4) is 0 Å². The average Bonchev–Trinajstić information content (AvgIpc) is 2.25. The van der Waals surface area contributed by atoms with E-state index in [0.717, 1.165) is 6.42 Å². The van der Waals surface area contributed by atoms with E-state index >= 15 is 0 Å². The van der Waals surface area contributed by atoms with Crippen LogP contribution >= 0.6 is 0 Å². The summed E-state index contributed by atoms with van der Waals surface area (Å²) < 4.78 is 0. The van der Waals surface area contributed by atoms with Crippen LogP contribution in [0.1, 0.15) is 41.0 Å². The van der Waals surface area contributed by atoms with Crippen molar-refractivity contribution in [3.05, 3.63) is 23.4 Å². The highest BCUT2D eigenvalue weighted by Gasteiger charge is 2.18. The highest BCUT2D eigenvalue weighted by molar-refractivity contribution is 5.80. The monoisotopic (exact) mass is 191 g/mol. The van der Waals surface area contributed by atoms with E-state index in [-0.39, 0.29) is 5.41 Å². The molecule has 0 aromatic rings. The Balaban J connectivity index is 2.95. The molecule has 0 saturated carbocycles. The molecule has 1 rings (SSSR count). The lowest BCUT2D eigenvalue weighted by Crippen LogP contribution is -2.08. The maximum Gasteiger partial charge on any atom is 0.0423 e. The van der Waals surface area contributed by atoms with Crippen LogP contribution in [0.25, 0.3) is 0 Å². The van der Waals surface area contributed by atoms with E-state index in [1.807, 2.05) is 6.21 Å². The summed E-state index contributed by atoms with van der Waals surface area (Å²) in [4.78, 5) is 4.56. The molecule has 1 aliphatic heterocycles. The number of allylic oxidation sites excluding steroid dienone is 4. The molecule has 0 saturated heterocycles. The third-order valence-electron chi connectivity index (χ3n) is 2.44. The lowest BCUT2D eigenvalue weighted by atomic mass is 9.90. The number of rotatable bonds is 1. The molecule has 14 heavy (non-hydrogen) atoms.